The van der Waals surface area contributed by atoms with Crippen LogP contribution in [-0.2, 0) is 0 Å². The van der Waals surface area contributed by atoms with Gasteiger partial charge in [-0.25, -0.2) is 0 Å². The van der Waals surface area contributed by atoms with Crippen molar-refractivity contribution in [2.45, 2.75) is 6.42 Å². The molecule has 0 atom stereocenters. The fourth-order valence-corrected chi connectivity index (χ4v) is 6.38. The predicted molar refractivity (Wildman–Crippen MR) is 139 cm³/mol. The van der Waals surface area contributed by atoms with Gasteiger partial charge in [-0.2, -0.15) is 0 Å². The monoisotopic (exact) mass is 412 g/mol. The molecule has 1 aliphatic rings. The minimum Gasteiger partial charge on any atom is -0.126 e. The van der Waals surface area contributed by atoms with Crippen LogP contribution in [-0.4, -0.2) is 5.75 Å². The van der Waals surface area contributed by atoms with E-state index in [2.05, 4.69) is 97.1 Å². The maximum Gasteiger partial charge on any atom is 0.0105 e. The molecular weight excluding hydrogens is 392 g/mol. The molecule has 1 heterocycles. The molecule has 0 aromatic heterocycles. The molecule has 146 valence electrons. The molecule has 0 saturated heterocycles. The molecule has 6 aromatic carbocycles. The first kappa shape index (κ1) is 17.4. The topological polar surface area (TPSA) is 0 Å². The number of hydrogen-bond acceptors (Lipinski definition) is 1. The Bertz CT molecular complexity index is 1690. The normalized spacial score (nSPS) is 14.3. The van der Waals surface area contributed by atoms with Gasteiger partial charge in [0.1, 0.15) is 0 Å². The lowest BCUT2D eigenvalue weighted by Gasteiger charge is -2.17. The standard InChI is InChI=1S/C30H20S/c1-4-11-24-20(8-1)21-9-2-6-13-26(21)30-27-18-19(28-14-7-17-31-28)15-16-23(27)22-10-3-5-12-25(22)29(24)30/h1-6,8-16,18H,7,17H2. The van der Waals surface area contributed by atoms with Gasteiger partial charge in [-0.15, -0.1) is 11.8 Å². The lowest BCUT2D eigenvalue weighted by atomic mass is 9.87. The molecule has 0 saturated carbocycles. The summed E-state index contributed by atoms with van der Waals surface area (Å²) < 4.78 is 0. The maximum absolute atomic E-state index is 2.44. The first-order valence-corrected chi connectivity index (χ1v) is 11.9. The number of rotatable bonds is 1. The Morgan fingerprint density at radius 3 is 1.48 bits per heavy atom. The number of hydrogen-bond donors (Lipinski definition) is 0. The van der Waals surface area contributed by atoms with Crippen molar-refractivity contribution in [3.8, 4) is 0 Å². The summed E-state index contributed by atoms with van der Waals surface area (Å²) >= 11 is 1.98. The van der Waals surface area contributed by atoms with Gasteiger partial charge in [0.15, 0.2) is 0 Å². The van der Waals surface area contributed by atoms with E-state index < -0.39 is 0 Å². The van der Waals surface area contributed by atoms with Crippen molar-refractivity contribution in [3.63, 3.8) is 0 Å². The van der Waals surface area contributed by atoms with Gasteiger partial charge in [-0.1, -0.05) is 91.0 Å². The minimum absolute atomic E-state index is 1.17. The third-order valence-corrected chi connectivity index (χ3v) is 7.85. The average molecular weight is 413 g/mol. The van der Waals surface area contributed by atoms with Gasteiger partial charge in [0.2, 0.25) is 0 Å². The molecule has 7 rings (SSSR count). The molecule has 31 heavy (non-hydrogen) atoms. The van der Waals surface area contributed by atoms with Crippen LogP contribution in [0.4, 0.5) is 0 Å². The number of benzene rings is 6. The van der Waals surface area contributed by atoms with Crippen LogP contribution in [0.3, 0.4) is 0 Å². The quantitative estimate of drug-likeness (QED) is 0.243. The smallest absolute Gasteiger partial charge is 0.0105 e. The highest BCUT2D eigenvalue weighted by Crippen LogP contribution is 2.45. The van der Waals surface area contributed by atoms with E-state index in [1.165, 1.54) is 76.5 Å². The van der Waals surface area contributed by atoms with Crippen LogP contribution in [0.25, 0.3) is 58.8 Å². The molecule has 0 bridgehead atoms. The Balaban J connectivity index is 1.83. The third-order valence-electron chi connectivity index (χ3n) is 6.70. The van der Waals surface area contributed by atoms with Crippen LogP contribution in [0.2, 0.25) is 0 Å². The van der Waals surface area contributed by atoms with Gasteiger partial charge in [0.25, 0.3) is 0 Å². The molecule has 1 heteroatoms. The second-order valence-corrected chi connectivity index (χ2v) is 9.49. The summed E-state index contributed by atoms with van der Waals surface area (Å²) in [6.07, 6.45) is 3.56. The van der Waals surface area contributed by atoms with E-state index in [1.54, 1.807) is 0 Å². The SMILES string of the molecule is C1=C(c2ccc3c4ccccc4c4c5ccccc5c5ccccc5c4c3c2)SCC1. The van der Waals surface area contributed by atoms with E-state index in [1.807, 2.05) is 11.8 Å². The number of allylic oxidation sites excluding steroid dienone is 1. The maximum atomic E-state index is 2.44. The molecule has 0 amide bonds. The third kappa shape index (κ3) is 2.44. The summed E-state index contributed by atoms with van der Waals surface area (Å²) in [6, 6.07) is 33.8. The lowest BCUT2D eigenvalue weighted by molar-refractivity contribution is 1.28. The van der Waals surface area contributed by atoms with Crippen molar-refractivity contribution >= 4 is 70.5 Å². The van der Waals surface area contributed by atoms with Gasteiger partial charge < -0.3 is 0 Å². The van der Waals surface area contributed by atoms with Crippen LogP contribution >= 0.6 is 11.8 Å². The second kappa shape index (κ2) is 6.60. The first-order chi connectivity index (χ1) is 15.4. The Morgan fingerprint density at radius 1 is 0.484 bits per heavy atom. The highest BCUT2D eigenvalue weighted by molar-refractivity contribution is 8.08. The Labute approximate surface area is 185 Å². The van der Waals surface area contributed by atoms with Crippen LogP contribution in [0.5, 0.6) is 0 Å². The zero-order valence-electron chi connectivity index (χ0n) is 17.1. The molecule has 0 fully saturated rings. The van der Waals surface area contributed by atoms with Gasteiger partial charge in [0.05, 0.1) is 0 Å². The van der Waals surface area contributed by atoms with Crippen molar-refractivity contribution < 1.29 is 0 Å². The summed E-state index contributed by atoms with van der Waals surface area (Å²) in [7, 11) is 0. The summed E-state index contributed by atoms with van der Waals surface area (Å²) in [6.45, 7) is 0. The largest absolute Gasteiger partial charge is 0.126 e. The summed E-state index contributed by atoms with van der Waals surface area (Å²) in [5, 5.41) is 13.5. The van der Waals surface area contributed by atoms with Crippen LogP contribution in [0.1, 0.15) is 12.0 Å². The van der Waals surface area contributed by atoms with E-state index in [-0.39, 0.29) is 0 Å². The summed E-state index contributed by atoms with van der Waals surface area (Å²) in [5.41, 5.74) is 1.35. The van der Waals surface area contributed by atoms with Crippen molar-refractivity contribution in [2.75, 3.05) is 5.75 Å². The summed E-state index contributed by atoms with van der Waals surface area (Å²) in [4.78, 5) is 1.42. The molecular formula is C30H20S. The fourth-order valence-electron chi connectivity index (χ4n) is 5.40. The van der Waals surface area contributed by atoms with E-state index in [9.17, 15) is 0 Å². The predicted octanol–water partition coefficient (Wildman–Crippen LogP) is 8.93. The Kier molecular flexibility index (Phi) is 3.71. The molecule has 0 spiro atoms. The molecule has 0 nitrogen and oxygen atoms in total. The van der Waals surface area contributed by atoms with Gasteiger partial charge in [-0.3, -0.25) is 0 Å². The number of fused-ring (bicyclic) bond motifs is 11. The minimum atomic E-state index is 1.17. The van der Waals surface area contributed by atoms with Crippen molar-refractivity contribution in [1.82, 2.24) is 0 Å². The molecule has 0 aliphatic carbocycles. The zero-order chi connectivity index (χ0) is 20.4. The highest BCUT2D eigenvalue weighted by atomic mass is 32.2. The molecule has 0 N–H and O–H groups in total. The van der Waals surface area contributed by atoms with Crippen LogP contribution in [0.15, 0.2) is 97.1 Å². The first-order valence-electron chi connectivity index (χ1n) is 10.9. The van der Waals surface area contributed by atoms with E-state index in [4.69, 9.17) is 0 Å². The van der Waals surface area contributed by atoms with Crippen molar-refractivity contribution in [2.24, 2.45) is 0 Å². The Hall–Kier alpha value is -3.29. The van der Waals surface area contributed by atoms with Crippen molar-refractivity contribution in [1.29, 1.82) is 0 Å². The zero-order valence-corrected chi connectivity index (χ0v) is 17.9. The molecule has 0 unspecified atom stereocenters. The van der Waals surface area contributed by atoms with E-state index >= 15 is 0 Å². The summed E-state index contributed by atoms with van der Waals surface area (Å²) in [5.74, 6) is 1.19. The second-order valence-electron chi connectivity index (χ2n) is 8.35. The number of thioether (sulfide) groups is 1. The molecule has 6 aromatic rings. The lowest BCUT2D eigenvalue weighted by Crippen LogP contribution is -1.89. The van der Waals surface area contributed by atoms with Crippen LogP contribution < -0.4 is 0 Å². The molecule has 1 aliphatic heterocycles. The van der Waals surface area contributed by atoms with Crippen LogP contribution in [0, 0.1) is 0 Å². The Morgan fingerprint density at radius 2 is 0.968 bits per heavy atom. The van der Waals surface area contributed by atoms with Gasteiger partial charge >= 0.3 is 0 Å². The van der Waals surface area contributed by atoms with Gasteiger partial charge in [-0.05, 0) is 71.9 Å². The highest BCUT2D eigenvalue weighted by Gasteiger charge is 2.17. The van der Waals surface area contributed by atoms with Gasteiger partial charge in [0, 0.05) is 10.7 Å². The average Bonchev–Trinajstić information content (AvgIpc) is 3.38. The van der Waals surface area contributed by atoms with E-state index in [0.717, 1.165) is 0 Å². The fraction of sp³-hybridized carbons (Fsp3) is 0.0667. The van der Waals surface area contributed by atoms with Crippen molar-refractivity contribution in [3.05, 3.63) is 103 Å². The molecule has 0 radical (unpaired) electrons. The van der Waals surface area contributed by atoms with E-state index in [0.29, 0.717) is 0 Å².